The van der Waals surface area contributed by atoms with Gasteiger partial charge in [-0.1, -0.05) is 12.1 Å². The number of alkyl carbamates (subject to hydrolysis) is 1. The first-order valence-electron chi connectivity index (χ1n) is 9.72. The van der Waals surface area contributed by atoms with Crippen molar-refractivity contribution in [1.29, 1.82) is 0 Å². The molecular formula is C21H29F3N2O3. The van der Waals surface area contributed by atoms with Gasteiger partial charge in [0.15, 0.2) is 0 Å². The van der Waals surface area contributed by atoms with E-state index < -0.39 is 29.0 Å². The number of rotatable bonds is 7. The molecule has 0 aromatic heterocycles. The lowest BCUT2D eigenvalue weighted by Crippen LogP contribution is -2.55. The standard InChI is InChI=1S/C21H29F3N2O3/c1-19(2,3)29-18(28)25-13-20(4,15-10-11-15)26-17(27)12-7-14-5-8-16(9-6-14)21(22,23)24/h5-6,8-9,15H,7,10-13H2,1-4H3,(H,25,28)(H,26,27). The van der Waals surface area contributed by atoms with E-state index in [1.165, 1.54) is 12.1 Å². The molecule has 0 bridgehead atoms. The van der Waals surface area contributed by atoms with Gasteiger partial charge in [0.2, 0.25) is 5.91 Å². The number of hydrogen-bond acceptors (Lipinski definition) is 3. The van der Waals surface area contributed by atoms with E-state index in [4.69, 9.17) is 4.74 Å². The lowest BCUT2D eigenvalue weighted by molar-refractivity contribution is -0.137. The fourth-order valence-corrected chi connectivity index (χ4v) is 3.08. The third-order valence-electron chi connectivity index (χ3n) is 4.82. The summed E-state index contributed by atoms with van der Waals surface area (Å²) in [4.78, 5) is 24.3. The molecule has 2 N–H and O–H groups in total. The number of halogens is 3. The highest BCUT2D eigenvalue weighted by Gasteiger charge is 2.43. The van der Waals surface area contributed by atoms with Crippen LogP contribution in [0, 0.1) is 5.92 Å². The summed E-state index contributed by atoms with van der Waals surface area (Å²) in [6, 6.07) is 4.82. The van der Waals surface area contributed by atoms with Gasteiger partial charge in [0.05, 0.1) is 11.1 Å². The summed E-state index contributed by atoms with van der Waals surface area (Å²) >= 11 is 0. The van der Waals surface area contributed by atoms with E-state index in [9.17, 15) is 22.8 Å². The van der Waals surface area contributed by atoms with E-state index >= 15 is 0 Å². The molecule has 8 heteroatoms. The second kappa shape index (κ2) is 8.63. The van der Waals surface area contributed by atoms with Crippen LogP contribution in [0.2, 0.25) is 0 Å². The molecular weight excluding hydrogens is 385 g/mol. The van der Waals surface area contributed by atoms with Gasteiger partial charge < -0.3 is 15.4 Å². The van der Waals surface area contributed by atoms with Gasteiger partial charge in [-0.05, 0) is 70.6 Å². The van der Waals surface area contributed by atoms with Crippen LogP contribution in [0.5, 0.6) is 0 Å². The summed E-state index contributed by atoms with van der Waals surface area (Å²) < 4.78 is 43.1. The molecule has 1 unspecified atom stereocenters. The van der Waals surface area contributed by atoms with Crippen molar-refractivity contribution in [3.8, 4) is 0 Å². The van der Waals surface area contributed by atoms with Gasteiger partial charge in [-0.25, -0.2) is 4.79 Å². The van der Waals surface area contributed by atoms with Crippen molar-refractivity contribution in [3.05, 3.63) is 35.4 Å². The number of ether oxygens (including phenoxy) is 1. The SMILES string of the molecule is CC(C)(C)OC(=O)NCC(C)(NC(=O)CCc1ccc(C(F)(F)F)cc1)C1CC1. The first-order valence-corrected chi connectivity index (χ1v) is 9.72. The Morgan fingerprint density at radius 3 is 2.14 bits per heavy atom. The summed E-state index contributed by atoms with van der Waals surface area (Å²) in [6.45, 7) is 7.46. The van der Waals surface area contributed by atoms with Crippen LogP contribution in [0.25, 0.3) is 0 Å². The number of carbonyl (C=O) groups excluding carboxylic acids is 2. The zero-order chi connectivity index (χ0) is 21.9. The minimum Gasteiger partial charge on any atom is -0.444 e. The van der Waals surface area contributed by atoms with E-state index in [2.05, 4.69) is 10.6 Å². The second-order valence-corrected chi connectivity index (χ2v) is 8.79. The van der Waals surface area contributed by atoms with E-state index in [0.29, 0.717) is 12.0 Å². The molecule has 29 heavy (non-hydrogen) atoms. The molecule has 162 valence electrons. The summed E-state index contributed by atoms with van der Waals surface area (Å²) in [5.74, 6) is 0.0674. The van der Waals surface area contributed by atoms with E-state index in [-0.39, 0.29) is 24.8 Å². The Kier molecular flexibility index (Phi) is 6.86. The molecule has 0 radical (unpaired) electrons. The van der Waals surface area contributed by atoms with Gasteiger partial charge in [-0.15, -0.1) is 0 Å². The van der Waals surface area contributed by atoms with Crippen molar-refractivity contribution < 1.29 is 27.5 Å². The van der Waals surface area contributed by atoms with Crippen molar-refractivity contribution in [3.63, 3.8) is 0 Å². The van der Waals surface area contributed by atoms with E-state index in [1.807, 2.05) is 6.92 Å². The lowest BCUT2D eigenvalue weighted by Gasteiger charge is -2.32. The fourth-order valence-electron chi connectivity index (χ4n) is 3.08. The third kappa shape index (κ3) is 7.59. The van der Waals surface area contributed by atoms with Crippen LogP contribution < -0.4 is 10.6 Å². The maximum atomic E-state index is 12.6. The average Bonchev–Trinajstić information content (AvgIpc) is 3.42. The van der Waals surface area contributed by atoms with Crippen LogP contribution in [-0.2, 0) is 22.1 Å². The highest BCUT2D eigenvalue weighted by molar-refractivity contribution is 5.77. The molecule has 0 aliphatic heterocycles. The van der Waals surface area contributed by atoms with Crippen molar-refractivity contribution >= 4 is 12.0 Å². The van der Waals surface area contributed by atoms with Gasteiger partial charge in [0, 0.05) is 13.0 Å². The van der Waals surface area contributed by atoms with E-state index in [1.54, 1.807) is 20.8 Å². The van der Waals surface area contributed by atoms with Crippen LogP contribution in [0.1, 0.15) is 58.1 Å². The Hall–Kier alpha value is -2.25. The number of aryl methyl sites for hydroxylation is 1. The molecule has 5 nitrogen and oxygen atoms in total. The predicted molar refractivity (Wildman–Crippen MR) is 103 cm³/mol. The van der Waals surface area contributed by atoms with Gasteiger partial charge in [-0.3, -0.25) is 4.79 Å². The van der Waals surface area contributed by atoms with Crippen molar-refractivity contribution in [2.45, 2.75) is 70.7 Å². The van der Waals surface area contributed by atoms with Crippen LogP contribution in [0.15, 0.2) is 24.3 Å². The lowest BCUT2D eigenvalue weighted by atomic mass is 9.95. The number of carbonyl (C=O) groups is 2. The molecule has 0 saturated heterocycles. The number of hydrogen-bond donors (Lipinski definition) is 2. The van der Waals surface area contributed by atoms with Crippen LogP contribution in [0.4, 0.5) is 18.0 Å². The van der Waals surface area contributed by atoms with Gasteiger partial charge in [0.1, 0.15) is 5.60 Å². The zero-order valence-electron chi connectivity index (χ0n) is 17.3. The molecule has 1 atom stereocenters. The smallest absolute Gasteiger partial charge is 0.416 e. The number of amides is 2. The fraction of sp³-hybridized carbons (Fsp3) is 0.619. The molecule has 1 aromatic carbocycles. The molecule has 0 spiro atoms. The Morgan fingerprint density at radius 2 is 1.66 bits per heavy atom. The number of nitrogens with one attached hydrogen (secondary N) is 2. The van der Waals surface area contributed by atoms with Gasteiger partial charge in [-0.2, -0.15) is 13.2 Å². The summed E-state index contributed by atoms with van der Waals surface area (Å²) in [6.07, 6.45) is -2.49. The molecule has 1 fully saturated rings. The van der Waals surface area contributed by atoms with E-state index in [0.717, 1.165) is 25.0 Å². The summed E-state index contributed by atoms with van der Waals surface area (Å²) in [5.41, 5.74) is -1.24. The summed E-state index contributed by atoms with van der Waals surface area (Å²) in [5, 5.41) is 5.71. The molecule has 2 amide bonds. The molecule has 1 aromatic rings. The normalized spacial score (nSPS) is 16.7. The van der Waals surface area contributed by atoms with Crippen LogP contribution in [-0.4, -0.2) is 29.7 Å². The largest absolute Gasteiger partial charge is 0.444 e. The first kappa shape index (κ1) is 23.0. The third-order valence-corrected chi connectivity index (χ3v) is 4.82. The van der Waals surface area contributed by atoms with Crippen LogP contribution in [0.3, 0.4) is 0 Å². The number of benzene rings is 1. The monoisotopic (exact) mass is 414 g/mol. The zero-order valence-corrected chi connectivity index (χ0v) is 17.3. The topological polar surface area (TPSA) is 67.4 Å². The molecule has 0 heterocycles. The highest BCUT2D eigenvalue weighted by Crippen LogP contribution is 2.39. The molecule has 2 rings (SSSR count). The maximum Gasteiger partial charge on any atom is 0.416 e. The Labute approximate surface area is 169 Å². The van der Waals surface area contributed by atoms with Crippen molar-refractivity contribution in [2.75, 3.05) is 6.54 Å². The van der Waals surface area contributed by atoms with Crippen molar-refractivity contribution in [2.24, 2.45) is 5.92 Å². The van der Waals surface area contributed by atoms with Gasteiger partial charge in [0.25, 0.3) is 0 Å². The maximum absolute atomic E-state index is 12.6. The Bertz CT molecular complexity index is 722. The van der Waals surface area contributed by atoms with Gasteiger partial charge >= 0.3 is 12.3 Å². The average molecular weight is 414 g/mol. The molecule has 1 aliphatic rings. The Balaban J connectivity index is 1.86. The quantitative estimate of drug-likeness (QED) is 0.693. The first-order chi connectivity index (χ1) is 13.3. The molecule has 1 saturated carbocycles. The van der Waals surface area contributed by atoms with Crippen molar-refractivity contribution in [1.82, 2.24) is 10.6 Å². The minimum atomic E-state index is -4.37. The number of alkyl halides is 3. The second-order valence-electron chi connectivity index (χ2n) is 8.79. The Morgan fingerprint density at radius 1 is 1.07 bits per heavy atom. The summed E-state index contributed by atoms with van der Waals surface area (Å²) in [7, 11) is 0. The highest BCUT2D eigenvalue weighted by atomic mass is 19.4. The minimum absolute atomic E-state index is 0.153. The molecule has 1 aliphatic carbocycles. The van der Waals surface area contributed by atoms with Crippen LogP contribution >= 0.6 is 0 Å². The predicted octanol–water partition coefficient (Wildman–Crippen LogP) is 4.45.